The lowest BCUT2D eigenvalue weighted by Crippen LogP contribution is -2.27. The van der Waals surface area contributed by atoms with Crippen molar-refractivity contribution in [3.63, 3.8) is 0 Å². The average molecular weight is 315 g/mol. The van der Waals surface area contributed by atoms with Gasteiger partial charge in [0, 0.05) is 17.3 Å². The minimum Gasteiger partial charge on any atom is -0.486 e. The largest absolute Gasteiger partial charge is 0.486 e. The second-order valence-electron chi connectivity index (χ2n) is 6.34. The quantitative estimate of drug-likeness (QED) is 0.801. The maximum Gasteiger partial charge on any atom is 0.163 e. The van der Waals surface area contributed by atoms with Crippen molar-refractivity contribution in [3.8, 4) is 11.5 Å². The molecule has 7 heteroatoms. The molecule has 0 radical (unpaired) electrons. The molecule has 1 aromatic heterocycles. The highest BCUT2D eigenvalue weighted by Crippen LogP contribution is 2.34. The van der Waals surface area contributed by atoms with E-state index < -0.39 is 0 Å². The van der Waals surface area contributed by atoms with Gasteiger partial charge in [-0.3, -0.25) is 0 Å². The molecular formula is C16H21N5O2. The molecule has 1 aromatic carbocycles. The van der Waals surface area contributed by atoms with Crippen molar-refractivity contribution in [2.75, 3.05) is 29.6 Å². The molecule has 1 aliphatic rings. The Balaban J connectivity index is 1.84. The van der Waals surface area contributed by atoms with Gasteiger partial charge >= 0.3 is 0 Å². The molecule has 2 heterocycles. The number of nitrogens with zero attached hydrogens (tertiary/aromatic N) is 2. The van der Waals surface area contributed by atoms with E-state index in [1.54, 1.807) is 0 Å². The summed E-state index contributed by atoms with van der Waals surface area (Å²) >= 11 is 0. The van der Waals surface area contributed by atoms with Crippen molar-refractivity contribution >= 4 is 23.0 Å². The van der Waals surface area contributed by atoms with E-state index in [4.69, 9.17) is 15.2 Å². The first kappa shape index (κ1) is 15.2. The van der Waals surface area contributed by atoms with Gasteiger partial charge in [-0.15, -0.1) is 0 Å². The van der Waals surface area contributed by atoms with Crippen molar-refractivity contribution in [1.82, 2.24) is 9.97 Å². The standard InChI is InChI=1S/C16H21N5O2/c1-16(2,3)21-15-13(17)14(18-9-19-15)20-10-4-5-11-12(8-10)23-7-6-22-11/h4-5,8-9H,6-7,17H2,1-3H3,(H2,18,19,20,21). The Bertz CT molecular complexity index is 712. The van der Waals surface area contributed by atoms with E-state index in [0.29, 0.717) is 36.3 Å². The molecular weight excluding hydrogens is 294 g/mol. The van der Waals surface area contributed by atoms with E-state index in [0.717, 1.165) is 11.4 Å². The first-order chi connectivity index (χ1) is 10.9. The number of hydrogen-bond acceptors (Lipinski definition) is 7. The summed E-state index contributed by atoms with van der Waals surface area (Å²) < 4.78 is 11.1. The van der Waals surface area contributed by atoms with Crippen LogP contribution < -0.4 is 25.8 Å². The first-order valence-electron chi connectivity index (χ1n) is 7.48. The Morgan fingerprint density at radius 2 is 1.74 bits per heavy atom. The predicted molar refractivity (Wildman–Crippen MR) is 90.5 cm³/mol. The number of nitrogens with two attached hydrogens (primary N) is 1. The van der Waals surface area contributed by atoms with Gasteiger partial charge < -0.3 is 25.8 Å². The topological polar surface area (TPSA) is 94.3 Å². The van der Waals surface area contributed by atoms with Gasteiger partial charge in [0.1, 0.15) is 25.2 Å². The van der Waals surface area contributed by atoms with Gasteiger partial charge in [-0.25, -0.2) is 9.97 Å². The summed E-state index contributed by atoms with van der Waals surface area (Å²) in [4.78, 5) is 8.42. The minimum absolute atomic E-state index is 0.142. The third-order valence-corrected chi connectivity index (χ3v) is 3.18. The normalized spacial score (nSPS) is 13.5. The monoisotopic (exact) mass is 315 g/mol. The molecule has 122 valence electrons. The number of nitrogen functional groups attached to an aromatic ring is 1. The number of nitrogens with one attached hydrogen (secondary N) is 2. The van der Waals surface area contributed by atoms with Crippen LogP contribution in [0.4, 0.5) is 23.0 Å². The Morgan fingerprint density at radius 1 is 1.04 bits per heavy atom. The van der Waals surface area contributed by atoms with Crippen LogP contribution in [0.25, 0.3) is 0 Å². The van der Waals surface area contributed by atoms with Crippen LogP contribution in [0.15, 0.2) is 24.5 Å². The second-order valence-corrected chi connectivity index (χ2v) is 6.34. The third kappa shape index (κ3) is 3.56. The van der Waals surface area contributed by atoms with Crippen LogP contribution in [0.3, 0.4) is 0 Å². The highest BCUT2D eigenvalue weighted by atomic mass is 16.6. The molecule has 4 N–H and O–H groups in total. The van der Waals surface area contributed by atoms with Crippen LogP contribution in [-0.2, 0) is 0 Å². The van der Waals surface area contributed by atoms with Crippen LogP contribution in [0.1, 0.15) is 20.8 Å². The number of hydrogen-bond donors (Lipinski definition) is 3. The molecule has 0 spiro atoms. The Kier molecular flexibility index (Phi) is 3.85. The van der Waals surface area contributed by atoms with Gasteiger partial charge in [0.15, 0.2) is 23.1 Å². The lowest BCUT2D eigenvalue weighted by atomic mass is 10.1. The zero-order valence-electron chi connectivity index (χ0n) is 13.5. The third-order valence-electron chi connectivity index (χ3n) is 3.18. The lowest BCUT2D eigenvalue weighted by Gasteiger charge is -2.23. The highest BCUT2D eigenvalue weighted by Gasteiger charge is 2.16. The van der Waals surface area contributed by atoms with Gasteiger partial charge in [0.25, 0.3) is 0 Å². The molecule has 1 aliphatic heterocycles. The van der Waals surface area contributed by atoms with E-state index in [-0.39, 0.29) is 5.54 Å². The summed E-state index contributed by atoms with van der Waals surface area (Å²) in [5, 5.41) is 6.46. The predicted octanol–water partition coefficient (Wildman–Crippen LogP) is 2.78. The Morgan fingerprint density at radius 3 is 2.48 bits per heavy atom. The number of aromatic nitrogens is 2. The number of benzene rings is 1. The molecule has 3 rings (SSSR count). The molecule has 0 aliphatic carbocycles. The number of ether oxygens (including phenoxy) is 2. The molecule has 23 heavy (non-hydrogen) atoms. The van der Waals surface area contributed by atoms with Crippen LogP contribution in [0.5, 0.6) is 11.5 Å². The molecule has 0 saturated heterocycles. The fourth-order valence-corrected chi connectivity index (χ4v) is 2.21. The maximum atomic E-state index is 6.17. The van der Waals surface area contributed by atoms with Crippen molar-refractivity contribution in [2.45, 2.75) is 26.3 Å². The molecule has 2 aromatic rings. The first-order valence-corrected chi connectivity index (χ1v) is 7.48. The highest BCUT2D eigenvalue weighted by molar-refractivity contribution is 5.78. The smallest absolute Gasteiger partial charge is 0.163 e. The molecule has 0 fully saturated rings. The second kappa shape index (κ2) is 5.83. The fourth-order valence-electron chi connectivity index (χ4n) is 2.21. The summed E-state index contributed by atoms with van der Waals surface area (Å²) in [5.74, 6) is 2.60. The fraction of sp³-hybridized carbons (Fsp3) is 0.375. The maximum absolute atomic E-state index is 6.17. The summed E-state index contributed by atoms with van der Waals surface area (Å²) in [7, 11) is 0. The molecule has 7 nitrogen and oxygen atoms in total. The molecule has 0 amide bonds. The molecule has 0 atom stereocenters. The minimum atomic E-state index is -0.142. The number of fused-ring (bicyclic) bond motifs is 1. The Labute approximate surface area is 135 Å². The van der Waals surface area contributed by atoms with Gasteiger partial charge in [-0.05, 0) is 32.9 Å². The van der Waals surface area contributed by atoms with Gasteiger partial charge in [-0.2, -0.15) is 0 Å². The molecule has 0 saturated carbocycles. The van der Waals surface area contributed by atoms with E-state index in [1.165, 1.54) is 6.33 Å². The molecule has 0 bridgehead atoms. The van der Waals surface area contributed by atoms with E-state index >= 15 is 0 Å². The number of rotatable bonds is 3. The average Bonchev–Trinajstić information content (AvgIpc) is 2.50. The zero-order valence-corrected chi connectivity index (χ0v) is 13.5. The van der Waals surface area contributed by atoms with Crippen LogP contribution >= 0.6 is 0 Å². The van der Waals surface area contributed by atoms with Crippen molar-refractivity contribution in [3.05, 3.63) is 24.5 Å². The summed E-state index contributed by atoms with van der Waals surface area (Å²) in [5.41, 5.74) is 7.32. The van der Waals surface area contributed by atoms with Crippen LogP contribution in [-0.4, -0.2) is 28.7 Å². The Hall–Kier alpha value is -2.70. The van der Waals surface area contributed by atoms with Crippen molar-refractivity contribution in [1.29, 1.82) is 0 Å². The van der Waals surface area contributed by atoms with E-state index in [2.05, 4.69) is 20.6 Å². The SMILES string of the molecule is CC(C)(C)Nc1ncnc(Nc2ccc3c(c2)OCCO3)c1N. The van der Waals surface area contributed by atoms with E-state index in [1.807, 2.05) is 39.0 Å². The van der Waals surface area contributed by atoms with Crippen molar-refractivity contribution in [2.24, 2.45) is 0 Å². The van der Waals surface area contributed by atoms with Gasteiger partial charge in [0.05, 0.1) is 0 Å². The summed E-state index contributed by atoms with van der Waals surface area (Å²) in [6.45, 7) is 7.25. The van der Waals surface area contributed by atoms with Crippen molar-refractivity contribution < 1.29 is 9.47 Å². The lowest BCUT2D eigenvalue weighted by molar-refractivity contribution is 0.171. The van der Waals surface area contributed by atoms with Gasteiger partial charge in [-0.1, -0.05) is 0 Å². The van der Waals surface area contributed by atoms with E-state index in [9.17, 15) is 0 Å². The number of anilines is 4. The van der Waals surface area contributed by atoms with Crippen LogP contribution in [0.2, 0.25) is 0 Å². The summed E-state index contributed by atoms with van der Waals surface area (Å²) in [6, 6.07) is 5.63. The molecule has 0 unspecified atom stereocenters. The zero-order chi connectivity index (χ0) is 16.4. The van der Waals surface area contributed by atoms with Crippen LogP contribution in [0, 0.1) is 0 Å². The van der Waals surface area contributed by atoms with Gasteiger partial charge in [0.2, 0.25) is 0 Å². The summed E-state index contributed by atoms with van der Waals surface area (Å²) in [6.07, 6.45) is 1.48.